The molecule has 160 valence electrons. The summed E-state index contributed by atoms with van der Waals surface area (Å²) in [4.78, 5) is 25.5. The molecule has 7 heteroatoms. The number of fused-ring (bicyclic) bond motifs is 3. The quantitative estimate of drug-likeness (QED) is 0.302. The number of carbonyl (C=O) groups excluding carboxylic acids is 1. The summed E-state index contributed by atoms with van der Waals surface area (Å²) in [6, 6.07) is 14.3. The molecule has 3 aromatic carbocycles. The number of amides is 1. The van der Waals surface area contributed by atoms with Crippen molar-refractivity contribution >= 4 is 34.1 Å². The fourth-order valence-corrected chi connectivity index (χ4v) is 3.76. The number of aryl methyl sites for hydroxylation is 2. The number of ether oxygens (including phenoxy) is 2. The van der Waals surface area contributed by atoms with Gasteiger partial charge < -0.3 is 13.9 Å². The molecule has 1 amide bonds. The normalized spacial score (nSPS) is 12.7. The zero-order chi connectivity index (χ0) is 22.2. The van der Waals surface area contributed by atoms with Crippen LogP contribution in [0.3, 0.4) is 0 Å². The lowest BCUT2D eigenvalue weighted by Crippen LogP contribution is -2.20. The molecule has 2 heterocycles. The molecular weight excluding hydrogens is 408 g/mol. The molecule has 1 aliphatic heterocycles. The molecule has 0 atom stereocenters. The summed E-state index contributed by atoms with van der Waals surface area (Å²) in [5, 5.41) is 5.01. The maximum Gasteiger partial charge on any atom is 0.244 e. The Labute approximate surface area is 183 Å². The summed E-state index contributed by atoms with van der Waals surface area (Å²) >= 11 is 0. The lowest BCUT2D eigenvalue weighted by atomic mass is 10.0. The van der Waals surface area contributed by atoms with Crippen LogP contribution in [0.25, 0.3) is 21.9 Å². The molecule has 32 heavy (non-hydrogen) atoms. The topological polar surface area (TPSA) is 90.1 Å². The molecule has 0 unspecified atom stereocenters. The minimum Gasteiger partial charge on any atom is -0.455 e. The highest BCUT2D eigenvalue weighted by Crippen LogP contribution is 2.32. The minimum atomic E-state index is -0.321. The van der Waals surface area contributed by atoms with E-state index in [1.54, 1.807) is 36.4 Å². The van der Waals surface area contributed by atoms with Crippen LogP contribution in [0.5, 0.6) is 11.5 Å². The van der Waals surface area contributed by atoms with Gasteiger partial charge in [0.15, 0.2) is 11.5 Å². The van der Waals surface area contributed by atoms with Crippen molar-refractivity contribution in [3.8, 4) is 11.5 Å². The third-order valence-electron chi connectivity index (χ3n) is 5.62. The second-order valence-electron chi connectivity index (χ2n) is 7.69. The van der Waals surface area contributed by atoms with Gasteiger partial charge in [-0.15, -0.1) is 0 Å². The molecule has 1 aromatic heterocycles. The Balaban J connectivity index is 1.40. The average molecular weight is 428 g/mol. The molecule has 4 aromatic rings. The van der Waals surface area contributed by atoms with Crippen LogP contribution in [-0.4, -0.2) is 18.9 Å². The van der Waals surface area contributed by atoms with E-state index in [9.17, 15) is 9.59 Å². The first-order chi connectivity index (χ1) is 15.5. The third-order valence-corrected chi connectivity index (χ3v) is 5.62. The zero-order valence-electron chi connectivity index (χ0n) is 17.6. The Kier molecular flexibility index (Phi) is 4.86. The monoisotopic (exact) mass is 428 g/mol. The predicted molar refractivity (Wildman–Crippen MR) is 121 cm³/mol. The molecule has 1 N–H and O–H groups in total. The molecule has 0 bridgehead atoms. The van der Waals surface area contributed by atoms with Crippen molar-refractivity contribution in [3.63, 3.8) is 0 Å². The van der Waals surface area contributed by atoms with Crippen molar-refractivity contribution in [2.75, 3.05) is 6.79 Å². The highest BCUT2D eigenvalue weighted by atomic mass is 16.7. The summed E-state index contributed by atoms with van der Waals surface area (Å²) in [6.07, 6.45) is 1.55. The van der Waals surface area contributed by atoms with Gasteiger partial charge in [-0.3, -0.25) is 9.59 Å². The van der Waals surface area contributed by atoms with Crippen LogP contribution < -0.4 is 20.3 Å². The van der Waals surface area contributed by atoms with Gasteiger partial charge in [0.25, 0.3) is 0 Å². The van der Waals surface area contributed by atoms with Gasteiger partial charge in [-0.2, -0.15) is 5.10 Å². The maximum absolute atomic E-state index is 13.0. The Morgan fingerprint density at radius 1 is 1.03 bits per heavy atom. The van der Waals surface area contributed by atoms with E-state index in [0.29, 0.717) is 39.0 Å². The summed E-state index contributed by atoms with van der Waals surface area (Å²) in [6.45, 7) is 4.09. The van der Waals surface area contributed by atoms with E-state index in [1.807, 2.05) is 26.0 Å². The first-order valence-electron chi connectivity index (χ1n) is 10.2. The summed E-state index contributed by atoms with van der Waals surface area (Å²) < 4.78 is 16.8. The minimum absolute atomic E-state index is 0.0229. The van der Waals surface area contributed by atoms with Gasteiger partial charge in [0.2, 0.25) is 18.1 Å². The highest BCUT2D eigenvalue weighted by Gasteiger charge is 2.15. The maximum atomic E-state index is 13.0. The number of benzene rings is 3. The second kappa shape index (κ2) is 7.85. The number of para-hydroxylation sites is 1. The van der Waals surface area contributed by atoms with Gasteiger partial charge in [-0.05, 0) is 60.9 Å². The van der Waals surface area contributed by atoms with E-state index < -0.39 is 0 Å². The van der Waals surface area contributed by atoms with Gasteiger partial charge in [-0.1, -0.05) is 18.2 Å². The molecule has 0 fully saturated rings. The molecule has 7 nitrogen and oxygen atoms in total. The van der Waals surface area contributed by atoms with E-state index in [4.69, 9.17) is 13.9 Å². The average Bonchev–Trinajstić information content (AvgIpc) is 3.25. The summed E-state index contributed by atoms with van der Waals surface area (Å²) in [5.74, 6) is 1.00. The van der Waals surface area contributed by atoms with Crippen molar-refractivity contribution in [2.45, 2.75) is 20.3 Å². The molecule has 0 saturated carbocycles. The first kappa shape index (κ1) is 19.8. The second-order valence-corrected chi connectivity index (χ2v) is 7.69. The number of nitrogens with one attached hydrogen (secondary N) is 1. The van der Waals surface area contributed by atoms with E-state index >= 15 is 0 Å². The Hall–Kier alpha value is -4.13. The van der Waals surface area contributed by atoms with Crippen LogP contribution in [0.4, 0.5) is 0 Å². The molecule has 0 radical (unpaired) electrons. The highest BCUT2D eigenvalue weighted by molar-refractivity contribution is 5.94. The lowest BCUT2D eigenvalue weighted by molar-refractivity contribution is -0.120. The summed E-state index contributed by atoms with van der Waals surface area (Å²) in [5.41, 5.74) is 6.73. The van der Waals surface area contributed by atoms with E-state index in [-0.39, 0.29) is 24.5 Å². The van der Waals surface area contributed by atoms with Crippen molar-refractivity contribution < 1.29 is 18.7 Å². The molecular formula is C25H20N2O5. The lowest BCUT2D eigenvalue weighted by Gasteiger charge is -2.09. The molecule has 0 saturated heterocycles. The van der Waals surface area contributed by atoms with Gasteiger partial charge >= 0.3 is 0 Å². The standard InChI is InChI=1S/C25H20N2O5/c1-14-6-8-19-23(29)18-5-3-4-17(25(18)32-24(19)15(14)2)11-22(28)27-26-12-16-7-9-20-21(10-16)31-13-30-20/h3-10,12H,11,13H2,1-2H3,(H,27,28)/b26-12+. The number of nitrogens with zero attached hydrogens (tertiary/aromatic N) is 1. The number of hydrazone groups is 1. The van der Waals surface area contributed by atoms with Crippen LogP contribution >= 0.6 is 0 Å². The smallest absolute Gasteiger partial charge is 0.244 e. The van der Waals surface area contributed by atoms with Gasteiger partial charge in [-0.25, -0.2) is 5.43 Å². The van der Waals surface area contributed by atoms with Crippen molar-refractivity contribution in [1.29, 1.82) is 0 Å². The van der Waals surface area contributed by atoms with Crippen LogP contribution in [0.1, 0.15) is 22.3 Å². The van der Waals surface area contributed by atoms with Crippen LogP contribution in [-0.2, 0) is 11.2 Å². The van der Waals surface area contributed by atoms with Crippen LogP contribution in [0.15, 0.2) is 62.8 Å². The number of carbonyl (C=O) groups is 1. The molecule has 1 aliphatic rings. The van der Waals surface area contributed by atoms with Gasteiger partial charge in [0, 0.05) is 5.56 Å². The number of hydrogen-bond donors (Lipinski definition) is 1. The molecule has 0 aliphatic carbocycles. The van der Waals surface area contributed by atoms with Gasteiger partial charge in [0.05, 0.1) is 23.4 Å². The first-order valence-corrected chi connectivity index (χ1v) is 10.2. The Morgan fingerprint density at radius 2 is 1.84 bits per heavy atom. The SMILES string of the molecule is Cc1ccc2c(=O)c3cccc(CC(=O)N/N=C/c4ccc5c(c4)OCO5)c3oc2c1C. The fraction of sp³-hybridized carbons (Fsp3) is 0.160. The van der Waals surface area contributed by atoms with Crippen LogP contribution in [0.2, 0.25) is 0 Å². The molecule has 0 spiro atoms. The Morgan fingerprint density at radius 3 is 2.72 bits per heavy atom. The largest absolute Gasteiger partial charge is 0.455 e. The third kappa shape index (κ3) is 3.47. The van der Waals surface area contributed by atoms with Crippen molar-refractivity contribution in [2.24, 2.45) is 5.10 Å². The predicted octanol–water partition coefficient (Wildman–Crippen LogP) is 3.98. The van der Waals surface area contributed by atoms with Crippen molar-refractivity contribution in [3.05, 3.63) is 81.0 Å². The number of rotatable bonds is 4. The molecule has 5 rings (SSSR count). The van der Waals surface area contributed by atoms with E-state index in [2.05, 4.69) is 10.5 Å². The van der Waals surface area contributed by atoms with Crippen molar-refractivity contribution in [1.82, 2.24) is 5.43 Å². The van der Waals surface area contributed by atoms with Crippen LogP contribution in [0, 0.1) is 13.8 Å². The van der Waals surface area contributed by atoms with E-state index in [1.165, 1.54) is 6.21 Å². The van der Waals surface area contributed by atoms with Gasteiger partial charge in [0.1, 0.15) is 11.2 Å². The zero-order valence-corrected chi connectivity index (χ0v) is 17.6. The fourth-order valence-electron chi connectivity index (χ4n) is 3.76. The van der Waals surface area contributed by atoms with E-state index in [0.717, 1.165) is 16.7 Å². The Bertz CT molecular complexity index is 1470. The number of hydrogen-bond acceptors (Lipinski definition) is 6. The summed E-state index contributed by atoms with van der Waals surface area (Å²) in [7, 11) is 0.